The highest BCUT2D eigenvalue weighted by Crippen LogP contribution is 2.31. The first-order valence-electron chi connectivity index (χ1n) is 7.38. The fourth-order valence-electron chi connectivity index (χ4n) is 2.69. The highest BCUT2D eigenvalue weighted by atomic mass is 16.4. The van der Waals surface area contributed by atoms with Crippen LogP contribution in [0.25, 0.3) is 0 Å². The molecule has 0 aromatic rings. The second-order valence-electron chi connectivity index (χ2n) is 5.72. The zero-order valence-corrected chi connectivity index (χ0v) is 11.6. The Balaban J connectivity index is 1.61. The van der Waals surface area contributed by atoms with Gasteiger partial charge in [-0.05, 0) is 32.1 Å². The van der Waals surface area contributed by atoms with Crippen molar-refractivity contribution in [3.05, 3.63) is 0 Å². The molecular formula is C14H22N2O4. The molecule has 2 fully saturated rings. The summed E-state index contributed by atoms with van der Waals surface area (Å²) in [6.45, 7) is 0.430. The predicted octanol–water partition coefficient (Wildman–Crippen LogP) is 0.662. The van der Waals surface area contributed by atoms with Crippen LogP contribution in [-0.4, -0.2) is 35.5 Å². The van der Waals surface area contributed by atoms with Gasteiger partial charge in [0.2, 0.25) is 11.8 Å². The van der Waals surface area contributed by atoms with Crippen molar-refractivity contribution < 1.29 is 19.5 Å². The van der Waals surface area contributed by atoms with Crippen molar-refractivity contribution in [3.8, 4) is 0 Å². The zero-order valence-electron chi connectivity index (χ0n) is 11.6. The van der Waals surface area contributed by atoms with Crippen LogP contribution in [0.4, 0.5) is 0 Å². The van der Waals surface area contributed by atoms with E-state index in [2.05, 4.69) is 10.6 Å². The van der Waals surface area contributed by atoms with Crippen molar-refractivity contribution in [2.75, 3.05) is 6.54 Å². The molecule has 6 heteroatoms. The summed E-state index contributed by atoms with van der Waals surface area (Å²) in [6.07, 6.45) is 5.15. The van der Waals surface area contributed by atoms with Gasteiger partial charge < -0.3 is 15.7 Å². The molecule has 112 valence electrons. The SMILES string of the molecule is O=C(CCCNC(=O)C1CCCC1C(=O)O)NC1CC1. The summed E-state index contributed by atoms with van der Waals surface area (Å²) in [5, 5.41) is 14.7. The van der Waals surface area contributed by atoms with Crippen molar-refractivity contribution in [1.82, 2.24) is 10.6 Å². The van der Waals surface area contributed by atoms with E-state index < -0.39 is 17.8 Å². The fraction of sp³-hybridized carbons (Fsp3) is 0.786. The lowest BCUT2D eigenvalue weighted by Crippen LogP contribution is -2.36. The lowest BCUT2D eigenvalue weighted by atomic mass is 9.95. The van der Waals surface area contributed by atoms with Gasteiger partial charge in [0.25, 0.3) is 0 Å². The highest BCUT2D eigenvalue weighted by Gasteiger charge is 2.37. The molecule has 3 N–H and O–H groups in total. The van der Waals surface area contributed by atoms with Crippen molar-refractivity contribution in [2.24, 2.45) is 11.8 Å². The summed E-state index contributed by atoms with van der Waals surface area (Å²) >= 11 is 0. The van der Waals surface area contributed by atoms with Gasteiger partial charge in [-0.25, -0.2) is 0 Å². The third-order valence-corrected chi connectivity index (χ3v) is 3.99. The monoisotopic (exact) mass is 282 g/mol. The average Bonchev–Trinajstić information content (AvgIpc) is 3.06. The van der Waals surface area contributed by atoms with Gasteiger partial charge in [-0.1, -0.05) is 6.42 Å². The maximum absolute atomic E-state index is 11.9. The molecule has 0 saturated heterocycles. The second-order valence-corrected chi connectivity index (χ2v) is 5.72. The van der Waals surface area contributed by atoms with E-state index in [1.165, 1.54) is 0 Å². The molecule has 0 bridgehead atoms. The van der Waals surface area contributed by atoms with E-state index in [9.17, 15) is 14.4 Å². The van der Waals surface area contributed by atoms with Gasteiger partial charge in [-0.15, -0.1) is 0 Å². The molecule has 2 unspecified atom stereocenters. The number of amides is 2. The van der Waals surface area contributed by atoms with Crippen LogP contribution < -0.4 is 10.6 Å². The van der Waals surface area contributed by atoms with Gasteiger partial charge in [-0.3, -0.25) is 14.4 Å². The summed E-state index contributed by atoms with van der Waals surface area (Å²) in [5.74, 6) is -1.99. The quantitative estimate of drug-likeness (QED) is 0.598. The lowest BCUT2D eigenvalue weighted by molar-refractivity contribution is -0.146. The Kier molecular flexibility index (Phi) is 4.98. The number of carboxylic acid groups (broad SMARTS) is 1. The van der Waals surface area contributed by atoms with Crippen LogP contribution in [-0.2, 0) is 14.4 Å². The largest absolute Gasteiger partial charge is 0.481 e. The molecule has 0 heterocycles. The van der Waals surface area contributed by atoms with Crippen LogP contribution in [0.1, 0.15) is 44.9 Å². The Morgan fingerprint density at radius 2 is 1.75 bits per heavy atom. The molecule has 0 spiro atoms. The first-order chi connectivity index (χ1) is 9.58. The minimum absolute atomic E-state index is 0.0334. The maximum atomic E-state index is 11.9. The van der Waals surface area contributed by atoms with E-state index in [-0.39, 0.29) is 11.8 Å². The molecule has 0 aromatic carbocycles. The Hall–Kier alpha value is -1.59. The molecule has 0 aromatic heterocycles. The molecule has 2 atom stereocenters. The van der Waals surface area contributed by atoms with Gasteiger partial charge >= 0.3 is 5.97 Å². The average molecular weight is 282 g/mol. The van der Waals surface area contributed by atoms with Crippen LogP contribution in [0.15, 0.2) is 0 Å². The topological polar surface area (TPSA) is 95.5 Å². The van der Waals surface area contributed by atoms with Gasteiger partial charge in [0.1, 0.15) is 0 Å². The number of hydrogen-bond acceptors (Lipinski definition) is 3. The molecule has 2 saturated carbocycles. The fourth-order valence-corrected chi connectivity index (χ4v) is 2.69. The zero-order chi connectivity index (χ0) is 14.5. The van der Waals surface area contributed by atoms with Crippen molar-refractivity contribution >= 4 is 17.8 Å². The van der Waals surface area contributed by atoms with Crippen molar-refractivity contribution in [1.29, 1.82) is 0 Å². The number of carboxylic acids is 1. The highest BCUT2D eigenvalue weighted by molar-refractivity contribution is 5.85. The smallest absolute Gasteiger partial charge is 0.307 e. The summed E-state index contributed by atoms with van der Waals surface area (Å²) in [5.41, 5.74) is 0. The molecule has 0 aliphatic heterocycles. The number of rotatable bonds is 7. The second kappa shape index (κ2) is 6.72. The van der Waals surface area contributed by atoms with E-state index >= 15 is 0 Å². The number of carbonyl (C=O) groups is 3. The van der Waals surface area contributed by atoms with Gasteiger partial charge in [-0.2, -0.15) is 0 Å². The van der Waals surface area contributed by atoms with E-state index in [1.54, 1.807) is 0 Å². The Morgan fingerprint density at radius 1 is 1.05 bits per heavy atom. The summed E-state index contributed by atoms with van der Waals surface area (Å²) in [4.78, 5) is 34.4. The maximum Gasteiger partial charge on any atom is 0.307 e. The minimum Gasteiger partial charge on any atom is -0.481 e. The Bertz CT molecular complexity index is 393. The van der Waals surface area contributed by atoms with Crippen molar-refractivity contribution in [3.63, 3.8) is 0 Å². The van der Waals surface area contributed by atoms with Gasteiger partial charge in [0, 0.05) is 19.0 Å². The molecular weight excluding hydrogens is 260 g/mol. The van der Waals surface area contributed by atoms with Crippen LogP contribution in [0, 0.1) is 11.8 Å². The number of nitrogens with one attached hydrogen (secondary N) is 2. The molecule has 2 aliphatic rings. The molecule has 2 rings (SSSR count). The van der Waals surface area contributed by atoms with E-state index in [1.807, 2.05) is 0 Å². The van der Waals surface area contributed by atoms with Crippen LogP contribution in [0.5, 0.6) is 0 Å². The standard InChI is InChI=1S/C14H22N2O4/c17-12(16-9-6-7-9)5-2-8-15-13(18)10-3-1-4-11(10)14(19)20/h9-11H,1-8H2,(H,15,18)(H,16,17)(H,19,20). The van der Waals surface area contributed by atoms with Crippen LogP contribution in [0.2, 0.25) is 0 Å². The molecule has 20 heavy (non-hydrogen) atoms. The lowest BCUT2D eigenvalue weighted by Gasteiger charge is -2.15. The Morgan fingerprint density at radius 3 is 2.40 bits per heavy atom. The first-order valence-corrected chi connectivity index (χ1v) is 7.38. The normalized spacial score (nSPS) is 25.2. The third kappa shape index (κ3) is 4.21. The van der Waals surface area contributed by atoms with E-state index in [0.29, 0.717) is 38.3 Å². The number of hydrogen-bond donors (Lipinski definition) is 3. The molecule has 2 amide bonds. The van der Waals surface area contributed by atoms with Crippen molar-refractivity contribution in [2.45, 2.75) is 51.0 Å². The van der Waals surface area contributed by atoms with E-state index in [4.69, 9.17) is 5.11 Å². The van der Waals surface area contributed by atoms with E-state index in [0.717, 1.165) is 19.3 Å². The third-order valence-electron chi connectivity index (χ3n) is 3.99. The summed E-state index contributed by atoms with van der Waals surface area (Å²) in [6, 6.07) is 0.368. The summed E-state index contributed by atoms with van der Waals surface area (Å²) in [7, 11) is 0. The van der Waals surface area contributed by atoms with Crippen LogP contribution in [0.3, 0.4) is 0 Å². The summed E-state index contributed by atoms with van der Waals surface area (Å²) < 4.78 is 0. The van der Waals surface area contributed by atoms with Crippen LogP contribution >= 0.6 is 0 Å². The van der Waals surface area contributed by atoms with Gasteiger partial charge in [0.15, 0.2) is 0 Å². The van der Waals surface area contributed by atoms with Gasteiger partial charge in [0.05, 0.1) is 11.8 Å². The first kappa shape index (κ1) is 14.8. The molecule has 6 nitrogen and oxygen atoms in total. The number of carbonyl (C=O) groups excluding carboxylic acids is 2. The minimum atomic E-state index is -0.883. The molecule has 0 radical (unpaired) electrons. The number of aliphatic carboxylic acids is 1. The molecule has 2 aliphatic carbocycles. The Labute approximate surface area is 118 Å². The predicted molar refractivity (Wildman–Crippen MR) is 71.9 cm³/mol.